The van der Waals surface area contributed by atoms with Crippen molar-refractivity contribution < 1.29 is 19.4 Å². The van der Waals surface area contributed by atoms with Gasteiger partial charge in [-0.2, -0.15) is 0 Å². The second-order valence-corrected chi connectivity index (χ2v) is 3.57. The van der Waals surface area contributed by atoms with Gasteiger partial charge in [0.1, 0.15) is 0 Å². The molecule has 0 aromatic heterocycles. The SMILES string of the molecule is CCCOC(=O)c1ccc(Cl)cc1C(=O)O. The maximum Gasteiger partial charge on any atom is 0.339 e. The number of ether oxygens (including phenoxy) is 1. The number of esters is 1. The third kappa shape index (κ3) is 2.97. The first kappa shape index (κ1) is 12.5. The average Bonchev–Trinajstić information content (AvgIpc) is 2.25. The maximum atomic E-state index is 11.5. The summed E-state index contributed by atoms with van der Waals surface area (Å²) in [5.74, 6) is -1.85. The minimum Gasteiger partial charge on any atom is -0.478 e. The Kier molecular flexibility index (Phi) is 4.31. The third-order valence-electron chi connectivity index (χ3n) is 1.87. The van der Waals surface area contributed by atoms with E-state index in [0.717, 1.165) is 0 Å². The molecule has 0 radical (unpaired) electrons. The van der Waals surface area contributed by atoms with Crippen molar-refractivity contribution in [1.29, 1.82) is 0 Å². The van der Waals surface area contributed by atoms with Crippen molar-refractivity contribution in [2.45, 2.75) is 13.3 Å². The monoisotopic (exact) mass is 242 g/mol. The molecule has 86 valence electrons. The minimum atomic E-state index is -1.20. The summed E-state index contributed by atoms with van der Waals surface area (Å²) in [7, 11) is 0. The van der Waals surface area contributed by atoms with Crippen molar-refractivity contribution in [3.63, 3.8) is 0 Å². The molecular formula is C11H11ClO4. The molecule has 0 saturated heterocycles. The molecule has 1 aromatic carbocycles. The van der Waals surface area contributed by atoms with Gasteiger partial charge < -0.3 is 9.84 Å². The largest absolute Gasteiger partial charge is 0.478 e. The van der Waals surface area contributed by atoms with Gasteiger partial charge in [0.05, 0.1) is 17.7 Å². The number of carboxylic acids is 1. The van der Waals surface area contributed by atoms with E-state index in [4.69, 9.17) is 21.4 Å². The first-order chi connectivity index (χ1) is 7.56. The predicted molar refractivity (Wildman–Crippen MR) is 59.0 cm³/mol. The lowest BCUT2D eigenvalue weighted by atomic mass is 10.1. The van der Waals surface area contributed by atoms with Crippen molar-refractivity contribution in [2.75, 3.05) is 6.61 Å². The summed E-state index contributed by atoms with van der Waals surface area (Å²) in [5.41, 5.74) is -0.126. The van der Waals surface area contributed by atoms with Gasteiger partial charge in [-0.15, -0.1) is 0 Å². The van der Waals surface area contributed by atoms with E-state index in [-0.39, 0.29) is 22.8 Å². The molecule has 1 N–H and O–H groups in total. The molecule has 0 unspecified atom stereocenters. The van der Waals surface area contributed by atoms with Crippen LogP contribution in [-0.2, 0) is 4.74 Å². The number of aromatic carboxylic acids is 1. The van der Waals surface area contributed by atoms with Gasteiger partial charge in [0.2, 0.25) is 0 Å². The Morgan fingerprint density at radius 1 is 1.38 bits per heavy atom. The van der Waals surface area contributed by atoms with Crippen LogP contribution in [0.1, 0.15) is 34.1 Å². The highest BCUT2D eigenvalue weighted by Gasteiger charge is 2.17. The van der Waals surface area contributed by atoms with Crippen LogP contribution in [-0.4, -0.2) is 23.7 Å². The quantitative estimate of drug-likeness (QED) is 0.825. The van der Waals surface area contributed by atoms with Crippen molar-refractivity contribution >= 4 is 23.5 Å². The molecular weight excluding hydrogens is 232 g/mol. The summed E-state index contributed by atoms with van der Waals surface area (Å²) < 4.78 is 4.86. The first-order valence-electron chi connectivity index (χ1n) is 4.76. The van der Waals surface area contributed by atoms with Gasteiger partial charge in [0, 0.05) is 5.02 Å². The Morgan fingerprint density at radius 3 is 2.62 bits per heavy atom. The van der Waals surface area contributed by atoms with E-state index in [2.05, 4.69) is 0 Å². The Hall–Kier alpha value is -1.55. The molecule has 0 saturated carbocycles. The number of rotatable bonds is 4. The van der Waals surface area contributed by atoms with E-state index in [0.29, 0.717) is 6.42 Å². The van der Waals surface area contributed by atoms with Crippen molar-refractivity contribution in [2.24, 2.45) is 0 Å². The molecule has 5 heteroatoms. The van der Waals surface area contributed by atoms with Gasteiger partial charge in [-0.25, -0.2) is 9.59 Å². The lowest BCUT2D eigenvalue weighted by Crippen LogP contribution is -2.12. The van der Waals surface area contributed by atoms with Crippen LogP contribution < -0.4 is 0 Å². The molecule has 1 rings (SSSR count). The molecule has 0 aliphatic carbocycles. The zero-order valence-corrected chi connectivity index (χ0v) is 9.45. The van der Waals surface area contributed by atoms with Crippen molar-refractivity contribution in [3.05, 3.63) is 34.3 Å². The fraction of sp³-hybridized carbons (Fsp3) is 0.273. The normalized spacial score (nSPS) is 9.88. The van der Waals surface area contributed by atoms with E-state index < -0.39 is 11.9 Å². The predicted octanol–water partition coefficient (Wildman–Crippen LogP) is 2.61. The number of hydrogen-bond acceptors (Lipinski definition) is 3. The van der Waals surface area contributed by atoms with Crippen LogP contribution in [0.25, 0.3) is 0 Å². The van der Waals surface area contributed by atoms with Gasteiger partial charge in [-0.1, -0.05) is 18.5 Å². The number of carbonyl (C=O) groups is 2. The number of hydrogen-bond donors (Lipinski definition) is 1. The van der Waals surface area contributed by atoms with Gasteiger partial charge in [0.15, 0.2) is 0 Å². The molecule has 0 atom stereocenters. The minimum absolute atomic E-state index is 0.0188. The molecule has 0 fully saturated rings. The zero-order valence-electron chi connectivity index (χ0n) is 8.70. The standard InChI is InChI=1S/C11H11ClO4/c1-2-5-16-11(15)8-4-3-7(12)6-9(8)10(13)14/h3-4,6H,2,5H2,1H3,(H,13,14). The zero-order chi connectivity index (χ0) is 12.1. The van der Waals surface area contributed by atoms with E-state index in [1.807, 2.05) is 6.92 Å². The first-order valence-corrected chi connectivity index (χ1v) is 5.14. The van der Waals surface area contributed by atoms with Gasteiger partial charge in [-0.05, 0) is 24.6 Å². The second-order valence-electron chi connectivity index (χ2n) is 3.13. The third-order valence-corrected chi connectivity index (χ3v) is 2.10. The van der Waals surface area contributed by atoms with Crippen LogP contribution in [0.3, 0.4) is 0 Å². The van der Waals surface area contributed by atoms with Crippen LogP contribution >= 0.6 is 11.6 Å². The van der Waals surface area contributed by atoms with Crippen LogP contribution in [0.2, 0.25) is 5.02 Å². The highest BCUT2D eigenvalue weighted by Crippen LogP contribution is 2.17. The average molecular weight is 243 g/mol. The summed E-state index contributed by atoms with van der Waals surface area (Å²) in [4.78, 5) is 22.4. The molecule has 0 bridgehead atoms. The van der Waals surface area contributed by atoms with Crippen molar-refractivity contribution in [1.82, 2.24) is 0 Å². The van der Waals surface area contributed by atoms with Crippen LogP contribution in [0.4, 0.5) is 0 Å². The van der Waals surface area contributed by atoms with Crippen LogP contribution in [0, 0.1) is 0 Å². The van der Waals surface area contributed by atoms with Crippen molar-refractivity contribution in [3.8, 4) is 0 Å². The Labute approximate surface area is 97.8 Å². The van der Waals surface area contributed by atoms with E-state index in [9.17, 15) is 9.59 Å². The molecule has 1 aromatic rings. The molecule has 0 heterocycles. The number of carboxylic acid groups (broad SMARTS) is 1. The fourth-order valence-electron chi connectivity index (χ4n) is 1.14. The topological polar surface area (TPSA) is 63.6 Å². The second kappa shape index (κ2) is 5.51. The van der Waals surface area contributed by atoms with Gasteiger partial charge in [0.25, 0.3) is 0 Å². The van der Waals surface area contributed by atoms with E-state index in [1.54, 1.807) is 0 Å². The summed E-state index contributed by atoms with van der Waals surface area (Å²) in [6.07, 6.45) is 0.682. The van der Waals surface area contributed by atoms with Crippen LogP contribution in [0.5, 0.6) is 0 Å². The van der Waals surface area contributed by atoms with Gasteiger partial charge in [-0.3, -0.25) is 0 Å². The van der Waals surface area contributed by atoms with Gasteiger partial charge >= 0.3 is 11.9 Å². The summed E-state index contributed by atoms with van der Waals surface area (Å²) >= 11 is 5.65. The Bertz CT molecular complexity index is 414. The molecule has 0 aliphatic heterocycles. The lowest BCUT2D eigenvalue weighted by Gasteiger charge is -2.06. The Balaban J connectivity index is 3.03. The molecule has 4 nitrogen and oxygen atoms in total. The Morgan fingerprint density at radius 2 is 2.06 bits per heavy atom. The van der Waals surface area contributed by atoms with E-state index in [1.165, 1.54) is 18.2 Å². The highest BCUT2D eigenvalue weighted by atomic mass is 35.5. The number of benzene rings is 1. The number of halogens is 1. The smallest absolute Gasteiger partial charge is 0.339 e. The van der Waals surface area contributed by atoms with Crippen LogP contribution in [0.15, 0.2) is 18.2 Å². The summed E-state index contributed by atoms with van der Waals surface area (Å²) in [5, 5.41) is 9.17. The molecule has 16 heavy (non-hydrogen) atoms. The molecule has 0 amide bonds. The summed E-state index contributed by atoms with van der Waals surface area (Å²) in [6, 6.07) is 4.03. The fourth-order valence-corrected chi connectivity index (χ4v) is 1.32. The maximum absolute atomic E-state index is 11.5. The highest BCUT2D eigenvalue weighted by molar-refractivity contribution is 6.31. The lowest BCUT2D eigenvalue weighted by molar-refractivity contribution is 0.0494. The number of carbonyl (C=O) groups excluding carboxylic acids is 1. The molecule has 0 aliphatic rings. The molecule has 0 spiro atoms. The van der Waals surface area contributed by atoms with E-state index >= 15 is 0 Å². The summed E-state index contributed by atoms with van der Waals surface area (Å²) in [6.45, 7) is 2.12.